The van der Waals surface area contributed by atoms with E-state index < -0.39 is 53.0 Å². The van der Waals surface area contributed by atoms with E-state index in [1.165, 1.54) is 60.2 Å². The maximum Gasteiger partial charge on any atom is 0.408 e. The molecule has 0 spiro atoms. The van der Waals surface area contributed by atoms with Crippen molar-refractivity contribution in [2.75, 3.05) is 6.54 Å². The number of carbonyl (C=O) groups excluding carboxylic acids is 3. The Labute approximate surface area is 380 Å². The number of hydrogen-bond acceptors (Lipinski definition) is 7. The normalized spacial score (nSPS) is 29.9. The lowest BCUT2D eigenvalue weighted by atomic mass is 9.85. The molecule has 0 radical (unpaired) electrons. The van der Waals surface area contributed by atoms with Crippen molar-refractivity contribution in [2.24, 2.45) is 35.0 Å². The summed E-state index contributed by atoms with van der Waals surface area (Å²) >= 11 is 0. The van der Waals surface area contributed by atoms with Crippen LogP contribution in [0.1, 0.15) is 149 Å². The number of aliphatic carboxylic acids is 1. The number of likely N-dealkylation sites (tertiary alicyclic amines) is 1. The zero-order chi connectivity index (χ0) is 45.7. The molecule has 9 unspecified atom stereocenters. The average molecular weight is 879 g/mol. The maximum atomic E-state index is 14.9. The molecule has 0 bridgehead atoms. The van der Waals surface area contributed by atoms with Gasteiger partial charge in [-0.3, -0.25) is 9.59 Å². The molecular formula is C53H74N4O7. The number of aryl methyl sites for hydroxylation is 2. The fourth-order valence-corrected chi connectivity index (χ4v) is 11.7. The number of fused-ring (bicyclic) bond motifs is 2. The molecule has 8 rings (SSSR count). The first-order valence-electron chi connectivity index (χ1n) is 24.7. The van der Waals surface area contributed by atoms with Crippen molar-refractivity contribution >= 4 is 40.2 Å². The Kier molecular flexibility index (Phi) is 13.2. The summed E-state index contributed by atoms with van der Waals surface area (Å²) in [6.45, 7) is 16.5. The zero-order valence-electron chi connectivity index (χ0n) is 39.7. The molecule has 9 atom stereocenters. The van der Waals surface area contributed by atoms with Crippen LogP contribution in [-0.4, -0.2) is 76.3 Å². The summed E-state index contributed by atoms with van der Waals surface area (Å²) < 4.78 is 12.9. The minimum Gasteiger partial charge on any atom is -0.488 e. The lowest BCUT2D eigenvalue weighted by molar-refractivity contribution is -0.146. The van der Waals surface area contributed by atoms with Gasteiger partial charge in [0.05, 0.1) is 6.54 Å². The van der Waals surface area contributed by atoms with Gasteiger partial charge in [-0.2, -0.15) is 0 Å². The van der Waals surface area contributed by atoms with Gasteiger partial charge >= 0.3 is 12.1 Å². The maximum absolute atomic E-state index is 14.9. The summed E-state index contributed by atoms with van der Waals surface area (Å²) in [4.78, 5) is 56.8. The van der Waals surface area contributed by atoms with Gasteiger partial charge in [-0.1, -0.05) is 84.9 Å². The summed E-state index contributed by atoms with van der Waals surface area (Å²) in [5.74, 6) is 1.43. The highest BCUT2D eigenvalue weighted by Crippen LogP contribution is 2.52. The van der Waals surface area contributed by atoms with Crippen LogP contribution >= 0.6 is 0 Å². The highest BCUT2D eigenvalue weighted by molar-refractivity contribution is 5.97. The summed E-state index contributed by atoms with van der Waals surface area (Å²) in [7, 11) is 0. The molecular weight excluding hydrogens is 805 g/mol. The first-order valence-corrected chi connectivity index (χ1v) is 24.7. The Morgan fingerprint density at radius 3 is 2.34 bits per heavy atom. The lowest BCUT2D eigenvalue weighted by Crippen LogP contribution is -2.59. The number of hydrogen-bond donors (Lipinski definition) is 4. The number of carboxylic acid groups (broad SMARTS) is 1. The van der Waals surface area contributed by atoms with Gasteiger partial charge in [0.2, 0.25) is 11.8 Å². The van der Waals surface area contributed by atoms with Gasteiger partial charge in [0.15, 0.2) is 0 Å². The minimum atomic E-state index is -1.37. The van der Waals surface area contributed by atoms with E-state index in [-0.39, 0.29) is 25.0 Å². The molecule has 11 nitrogen and oxygen atoms in total. The number of alkyl carbamates (subject to hydrolysis) is 1. The smallest absolute Gasteiger partial charge is 0.408 e. The molecule has 0 aromatic heterocycles. The Bertz CT molecular complexity index is 2180. The number of rotatable bonds is 17. The second kappa shape index (κ2) is 18.4. The van der Waals surface area contributed by atoms with E-state index in [4.69, 9.17) is 9.47 Å². The van der Waals surface area contributed by atoms with Crippen molar-refractivity contribution < 1.29 is 33.8 Å². The highest BCUT2D eigenvalue weighted by Gasteiger charge is 2.61. The van der Waals surface area contributed by atoms with Crippen LogP contribution in [0.5, 0.6) is 5.75 Å². The largest absolute Gasteiger partial charge is 0.488 e. The number of amides is 3. The predicted octanol–water partition coefficient (Wildman–Crippen LogP) is 9.62. The molecule has 3 amide bonds. The Hall–Kier alpha value is -4.54. The number of allylic oxidation sites excluding steroid dienone is 3. The molecule has 348 valence electrons. The van der Waals surface area contributed by atoms with Gasteiger partial charge in [-0.15, -0.1) is 0 Å². The molecule has 1 saturated heterocycles. The highest BCUT2D eigenvalue weighted by atomic mass is 16.6. The summed E-state index contributed by atoms with van der Waals surface area (Å²) in [6.07, 6.45) is 16.7. The third-order valence-electron chi connectivity index (χ3n) is 15.8. The fourth-order valence-electron chi connectivity index (χ4n) is 11.7. The standard InChI is InChI=1S/C53H74N4O7/c1-9-32-14-15-33(20-32)12-11-13-34-17-19-43-44(31(34)5)25-38(35-16-18-40(22-35)54-30(3)4)26-46(43)63-42-27-45(48(58)56-53(50(60)61)28-39(53)10-2)57(29-42)49(59)47(52(6,7)8)55-51(62)64-41-23-36-21-37(36)24-41/h16-17,19,22,25-26,30,32-33,36-37,39,41-42,45,47,54H,9-15,18,20-21,23-24,27-29H2,1-8H3,(H,55,62)(H,56,58)(H,60,61). The van der Waals surface area contributed by atoms with Crippen molar-refractivity contribution in [3.8, 4) is 5.75 Å². The van der Waals surface area contributed by atoms with Crippen molar-refractivity contribution in [1.29, 1.82) is 0 Å². The molecule has 5 aliphatic carbocycles. The van der Waals surface area contributed by atoms with Crippen LogP contribution in [0.15, 0.2) is 42.1 Å². The van der Waals surface area contributed by atoms with Gasteiger partial charge in [0, 0.05) is 30.0 Å². The van der Waals surface area contributed by atoms with Crippen molar-refractivity contribution in [3.05, 3.63) is 58.8 Å². The number of ether oxygens (including phenoxy) is 2. The molecule has 5 fully saturated rings. The molecule has 64 heavy (non-hydrogen) atoms. The third-order valence-corrected chi connectivity index (χ3v) is 15.8. The summed E-state index contributed by atoms with van der Waals surface area (Å²) in [5, 5.41) is 21.7. The monoisotopic (exact) mass is 879 g/mol. The van der Waals surface area contributed by atoms with Gasteiger partial charge in [0.1, 0.15) is 35.6 Å². The summed E-state index contributed by atoms with van der Waals surface area (Å²) in [5.41, 5.74) is 3.79. The quantitative estimate of drug-likeness (QED) is 0.123. The molecule has 2 aromatic carbocycles. The topological polar surface area (TPSA) is 146 Å². The van der Waals surface area contributed by atoms with Gasteiger partial charge in [0.25, 0.3) is 0 Å². The lowest BCUT2D eigenvalue weighted by Gasteiger charge is -2.35. The average Bonchev–Trinajstić information content (AvgIpc) is 3.72. The second-order valence-electron chi connectivity index (χ2n) is 21.9. The number of carboxylic acids is 1. The van der Waals surface area contributed by atoms with Crippen LogP contribution in [-0.2, 0) is 25.5 Å². The molecule has 4 saturated carbocycles. The number of benzene rings is 2. The van der Waals surface area contributed by atoms with E-state index in [0.717, 1.165) is 65.8 Å². The van der Waals surface area contributed by atoms with E-state index in [9.17, 15) is 24.3 Å². The third kappa shape index (κ3) is 9.84. The molecule has 1 heterocycles. The van der Waals surface area contributed by atoms with Crippen LogP contribution in [0.3, 0.4) is 0 Å². The first kappa shape index (κ1) is 46.0. The van der Waals surface area contributed by atoms with Gasteiger partial charge < -0.3 is 35.4 Å². The van der Waals surface area contributed by atoms with Crippen LogP contribution < -0.4 is 20.7 Å². The predicted molar refractivity (Wildman–Crippen MR) is 251 cm³/mol. The fraction of sp³-hybridized carbons (Fsp3) is 0.660. The Morgan fingerprint density at radius 1 is 0.938 bits per heavy atom. The van der Waals surface area contributed by atoms with E-state index in [1.807, 2.05) is 27.7 Å². The first-order chi connectivity index (χ1) is 30.5. The minimum absolute atomic E-state index is 0.0807. The molecule has 11 heteroatoms. The molecule has 6 aliphatic rings. The number of carbonyl (C=O) groups is 4. The summed E-state index contributed by atoms with van der Waals surface area (Å²) in [6, 6.07) is 7.06. The Balaban J connectivity index is 1.08. The zero-order valence-corrected chi connectivity index (χ0v) is 39.7. The van der Waals surface area contributed by atoms with E-state index in [1.54, 1.807) is 0 Å². The van der Waals surface area contributed by atoms with E-state index >= 15 is 0 Å². The molecule has 1 aliphatic heterocycles. The van der Waals surface area contributed by atoms with Crippen molar-refractivity contribution in [1.82, 2.24) is 20.9 Å². The van der Waals surface area contributed by atoms with Gasteiger partial charge in [-0.25, -0.2) is 9.59 Å². The number of nitrogens with one attached hydrogen (secondary N) is 3. The van der Waals surface area contributed by atoms with Crippen LogP contribution in [0, 0.1) is 41.9 Å². The molecule has 2 aromatic rings. The van der Waals surface area contributed by atoms with Crippen LogP contribution in [0.4, 0.5) is 4.79 Å². The number of nitrogens with zero attached hydrogens (tertiary/aromatic N) is 1. The van der Waals surface area contributed by atoms with Crippen LogP contribution in [0.25, 0.3) is 16.3 Å². The van der Waals surface area contributed by atoms with Crippen molar-refractivity contribution in [2.45, 2.75) is 181 Å². The van der Waals surface area contributed by atoms with E-state index in [2.05, 4.69) is 80.1 Å². The van der Waals surface area contributed by atoms with Crippen molar-refractivity contribution in [3.63, 3.8) is 0 Å². The second-order valence-corrected chi connectivity index (χ2v) is 21.9. The van der Waals surface area contributed by atoms with Gasteiger partial charge in [-0.05, 0) is 147 Å². The Morgan fingerprint density at radius 2 is 1.69 bits per heavy atom. The van der Waals surface area contributed by atoms with E-state index in [0.29, 0.717) is 36.5 Å². The van der Waals surface area contributed by atoms with Crippen LogP contribution in [0.2, 0.25) is 0 Å². The molecule has 4 N–H and O–H groups in total. The SMILES string of the molecule is CCC1CCC(CCCc2ccc3c(OC4CC(C(=O)NC5(C(=O)O)CC5CC)N(C(=O)C(NC(=O)OC5CC6CC6C5)C(C)(C)C)C4)cc(C4=CCC(NC(C)C)=C4)cc3c2C)C1.